The smallest absolute Gasteiger partial charge is 0.328 e. The molecule has 0 saturated carbocycles. The minimum Gasteiger partial charge on any atom is -0.461 e. The molecule has 0 aliphatic carbocycles. The van der Waals surface area contributed by atoms with Crippen molar-refractivity contribution in [3.05, 3.63) is 28.4 Å². The van der Waals surface area contributed by atoms with Gasteiger partial charge >= 0.3 is 11.7 Å². The lowest BCUT2D eigenvalue weighted by Crippen LogP contribution is -2.39. The topological polar surface area (TPSA) is 85.6 Å². The van der Waals surface area contributed by atoms with E-state index in [2.05, 4.69) is 4.98 Å². The van der Waals surface area contributed by atoms with Gasteiger partial charge in [-0.1, -0.05) is 0 Å². The number of ether oxygens (including phenoxy) is 1. The predicted octanol–water partition coefficient (Wildman–Crippen LogP) is 1.77. The second-order valence-electron chi connectivity index (χ2n) is 4.38. The summed E-state index contributed by atoms with van der Waals surface area (Å²) >= 11 is 0. The number of carbonyl (C=O) groups excluding carboxylic acids is 1. The maximum Gasteiger partial charge on any atom is 0.328 e. The fourth-order valence-corrected chi connectivity index (χ4v) is 1.48. The van der Waals surface area contributed by atoms with E-state index in [1.54, 1.807) is 27.8 Å². The van der Waals surface area contributed by atoms with Crippen LogP contribution in [-0.4, -0.2) is 35.1 Å². The number of likely N-dealkylation sites (N-methyl/N-ethyl adjacent to an activating group) is 1. The van der Waals surface area contributed by atoms with Crippen LogP contribution in [0.1, 0.15) is 20.8 Å². The number of rotatable bonds is 5. The molecule has 0 radical (unpaired) electrons. The van der Waals surface area contributed by atoms with E-state index in [1.165, 1.54) is 23.2 Å². The molecule has 0 aliphatic rings. The maximum absolute atomic E-state index is 11.8. The lowest BCUT2D eigenvalue weighted by atomic mass is 10.2. The molecule has 0 saturated heterocycles. The number of nitro groups is 1. The van der Waals surface area contributed by atoms with Gasteiger partial charge in [-0.25, -0.2) is 9.78 Å². The first-order chi connectivity index (χ1) is 8.84. The molecule has 1 aromatic rings. The lowest BCUT2D eigenvalue weighted by Gasteiger charge is -2.24. The van der Waals surface area contributed by atoms with Crippen molar-refractivity contribution >= 4 is 17.5 Å². The standard InChI is InChI=1S/C12H17N3O4/c1-8(2)19-12(16)9(3)14(4)11-10(15(17)18)6-5-7-13-11/h5-9H,1-4H3/t9-/m1/s1. The maximum atomic E-state index is 11.8. The molecule has 7 heteroatoms. The number of aromatic nitrogens is 1. The fraction of sp³-hybridized carbons (Fsp3) is 0.500. The van der Waals surface area contributed by atoms with Gasteiger partial charge in [-0.3, -0.25) is 10.1 Å². The van der Waals surface area contributed by atoms with Crippen molar-refractivity contribution in [2.24, 2.45) is 0 Å². The van der Waals surface area contributed by atoms with Crippen molar-refractivity contribution in [3.8, 4) is 0 Å². The van der Waals surface area contributed by atoms with Gasteiger partial charge in [-0.05, 0) is 26.8 Å². The zero-order valence-corrected chi connectivity index (χ0v) is 11.4. The summed E-state index contributed by atoms with van der Waals surface area (Å²) in [5.74, 6) is -0.307. The SMILES string of the molecule is CC(C)OC(=O)[C@@H](C)N(C)c1ncccc1[N+](=O)[O-]. The Hall–Kier alpha value is -2.18. The lowest BCUT2D eigenvalue weighted by molar-refractivity contribution is -0.384. The Morgan fingerprint density at radius 3 is 2.63 bits per heavy atom. The minimum absolute atomic E-state index is 0.140. The van der Waals surface area contributed by atoms with Crippen molar-refractivity contribution in [2.45, 2.75) is 32.9 Å². The monoisotopic (exact) mass is 267 g/mol. The largest absolute Gasteiger partial charge is 0.461 e. The molecular weight excluding hydrogens is 250 g/mol. The molecule has 0 N–H and O–H groups in total. The van der Waals surface area contributed by atoms with Crippen LogP contribution in [0.5, 0.6) is 0 Å². The van der Waals surface area contributed by atoms with E-state index in [0.717, 1.165) is 0 Å². The molecule has 1 heterocycles. The molecule has 0 amide bonds. The normalized spacial score (nSPS) is 12.1. The zero-order valence-electron chi connectivity index (χ0n) is 11.4. The Labute approximate surface area is 111 Å². The Morgan fingerprint density at radius 2 is 2.11 bits per heavy atom. The van der Waals surface area contributed by atoms with Crippen LogP contribution in [0, 0.1) is 10.1 Å². The Bertz CT molecular complexity index is 476. The van der Waals surface area contributed by atoms with Gasteiger partial charge in [0.2, 0.25) is 5.82 Å². The summed E-state index contributed by atoms with van der Waals surface area (Å²) in [7, 11) is 1.57. The highest BCUT2D eigenvalue weighted by molar-refractivity contribution is 5.80. The van der Waals surface area contributed by atoms with Crippen molar-refractivity contribution in [2.75, 3.05) is 11.9 Å². The second kappa shape index (κ2) is 6.12. The van der Waals surface area contributed by atoms with Gasteiger partial charge in [0, 0.05) is 19.3 Å². The molecular formula is C12H17N3O4. The Balaban J connectivity index is 2.97. The number of carbonyl (C=O) groups is 1. The fourth-order valence-electron chi connectivity index (χ4n) is 1.48. The summed E-state index contributed by atoms with van der Waals surface area (Å²) in [5, 5.41) is 10.9. The van der Waals surface area contributed by atoms with Crippen LogP contribution in [0.15, 0.2) is 18.3 Å². The van der Waals surface area contributed by atoms with Crippen molar-refractivity contribution < 1.29 is 14.5 Å². The van der Waals surface area contributed by atoms with Crippen LogP contribution in [0.3, 0.4) is 0 Å². The molecule has 1 atom stereocenters. The molecule has 1 aromatic heterocycles. The number of hydrogen-bond acceptors (Lipinski definition) is 6. The first-order valence-electron chi connectivity index (χ1n) is 5.87. The van der Waals surface area contributed by atoms with Crippen LogP contribution < -0.4 is 4.90 Å². The van der Waals surface area contributed by atoms with E-state index in [4.69, 9.17) is 4.74 Å². The quantitative estimate of drug-likeness (QED) is 0.459. The summed E-state index contributed by atoms with van der Waals surface area (Å²) in [6.45, 7) is 5.10. The van der Waals surface area contributed by atoms with Crippen LogP contribution in [0.25, 0.3) is 0 Å². The van der Waals surface area contributed by atoms with E-state index in [1.807, 2.05) is 0 Å². The molecule has 0 fully saturated rings. The van der Waals surface area contributed by atoms with Gasteiger partial charge < -0.3 is 9.64 Å². The minimum atomic E-state index is -0.656. The van der Waals surface area contributed by atoms with Gasteiger partial charge in [0.25, 0.3) is 0 Å². The first kappa shape index (κ1) is 14.9. The van der Waals surface area contributed by atoms with Gasteiger partial charge in [0.05, 0.1) is 11.0 Å². The van der Waals surface area contributed by atoms with Crippen molar-refractivity contribution in [1.29, 1.82) is 0 Å². The van der Waals surface area contributed by atoms with Gasteiger partial charge in [-0.15, -0.1) is 0 Å². The molecule has 0 bridgehead atoms. The third kappa shape index (κ3) is 3.64. The molecule has 19 heavy (non-hydrogen) atoms. The average molecular weight is 267 g/mol. The van der Waals surface area contributed by atoms with E-state index in [-0.39, 0.29) is 17.6 Å². The Kier molecular flexibility index (Phi) is 4.80. The molecule has 104 valence electrons. The van der Waals surface area contributed by atoms with Crippen LogP contribution >= 0.6 is 0 Å². The molecule has 7 nitrogen and oxygen atoms in total. The van der Waals surface area contributed by atoms with E-state index < -0.39 is 16.9 Å². The molecule has 0 spiro atoms. The molecule has 1 rings (SSSR count). The summed E-state index contributed by atoms with van der Waals surface area (Å²) in [6, 6.07) is 2.17. The summed E-state index contributed by atoms with van der Waals surface area (Å²) in [5.41, 5.74) is -0.144. The zero-order chi connectivity index (χ0) is 14.6. The predicted molar refractivity (Wildman–Crippen MR) is 70.0 cm³/mol. The van der Waals surface area contributed by atoms with E-state index in [0.29, 0.717) is 0 Å². The number of nitrogens with zero attached hydrogens (tertiary/aromatic N) is 3. The number of anilines is 1. The molecule has 0 aromatic carbocycles. The summed E-state index contributed by atoms with van der Waals surface area (Å²) in [6.07, 6.45) is 1.21. The third-order valence-electron chi connectivity index (χ3n) is 2.57. The highest BCUT2D eigenvalue weighted by Crippen LogP contribution is 2.25. The number of hydrogen-bond donors (Lipinski definition) is 0. The number of esters is 1. The summed E-state index contributed by atoms with van der Waals surface area (Å²) < 4.78 is 5.08. The van der Waals surface area contributed by atoms with Gasteiger partial charge in [0.1, 0.15) is 6.04 Å². The van der Waals surface area contributed by atoms with Crippen LogP contribution in [-0.2, 0) is 9.53 Å². The van der Waals surface area contributed by atoms with E-state index in [9.17, 15) is 14.9 Å². The third-order valence-corrected chi connectivity index (χ3v) is 2.57. The molecule has 0 unspecified atom stereocenters. The van der Waals surface area contributed by atoms with Gasteiger partial charge in [0.15, 0.2) is 0 Å². The van der Waals surface area contributed by atoms with Crippen LogP contribution in [0.2, 0.25) is 0 Å². The van der Waals surface area contributed by atoms with Crippen LogP contribution in [0.4, 0.5) is 11.5 Å². The van der Waals surface area contributed by atoms with Crippen molar-refractivity contribution in [3.63, 3.8) is 0 Å². The van der Waals surface area contributed by atoms with Gasteiger partial charge in [-0.2, -0.15) is 0 Å². The first-order valence-corrected chi connectivity index (χ1v) is 5.87. The highest BCUT2D eigenvalue weighted by atomic mass is 16.6. The van der Waals surface area contributed by atoms with E-state index >= 15 is 0 Å². The summed E-state index contributed by atoms with van der Waals surface area (Å²) in [4.78, 5) is 27.6. The second-order valence-corrected chi connectivity index (χ2v) is 4.38. The molecule has 0 aliphatic heterocycles. The number of pyridine rings is 1. The highest BCUT2D eigenvalue weighted by Gasteiger charge is 2.26. The van der Waals surface area contributed by atoms with Crippen molar-refractivity contribution in [1.82, 2.24) is 4.98 Å². The Morgan fingerprint density at radius 1 is 1.47 bits per heavy atom. The average Bonchev–Trinajstić information content (AvgIpc) is 2.36.